The lowest BCUT2D eigenvalue weighted by molar-refractivity contribution is -0.112. The van der Waals surface area contributed by atoms with Gasteiger partial charge in [-0.2, -0.15) is 0 Å². The zero-order valence-corrected chi connectivity index (χ0v) is 14.1. The average molecular weight is 361 g/mol. The van der Waals surface area contributed by atoms with Gasteiger partial charge in [-0.25, -0.2) is 13.2 Å². The van der Waals surface area contributed by atoms with Crippen molar-refractivity contribution in [3.63, 3.8) is 0 Å². The number of amides is 1. The minimum absolute atomic E-state index is 0.110. The van der Waals surface area contributed by atoms with Crippen molar-refractivity contribution >= 4 is 33.4 Å². The van der Waals surface area contributed by atoms with Crippen LogP contribution in [0.15, 0.2) is 52.6 Å². The van der Waals surface area contributed by atoms with Crippen LogP contribution in [0.3, 0.4) is 0 Å². The van der Waals surface area contributed by atoms with Gasteiger partial charge in [0.05, 0.1) is 29.7 Å². The SMILES string of the molecule is COC(=O)c1ccccc1NC(=O)C1=CN2CCS(=O)(=O)N=C2C=C1. The second-order valence-electron chi connectivity index (χ2n) is 5.34. The molecule has 1 amide bonds. The quantitative estimate of drug-likeness (QED) is 0.803. The van der Waals surface area contributed by atoms with Crippen LogP contribution < -0.4 is 5.32 Å². The number of esters is 1. The van der Waals surface area contributed by atoms with E-state index >= 15 is 0 Å². The van der Waals surface area contributed by atoms with Crippen molar-refractivity contribution in [2.24, 2.45) is 4.40 Å². The number of carbonyl (C=O) groups excluding carboxylic acids is 2. The molecule has 0 aromatic heterocycles. The summed E-state index contributed by atoms with van der Waals surface area (Å²) < 4.78 is 31.3. The second-order valence-corrected chi connectivity index (χ2v) is 7.09. The molecule has 0 spiro atoms. The normalized spacial score (nSPS) is 17.9. The standard InChI is InChI=1S/C16H15N3O5S/c1-24-16(21)12-4-2-3-5-13(12)17-15(20)11-6-7-14-18-25(22,23)9-8-19(14)10-11/h2-7,10H,8-9H2,1H3,(H,17,20). The van der Waals surface area contributed by atoms with Gasteiger partial charge in [0.2, 0.25) is 0 Å². The summed E-state index contributed by atoms with van der Waals surface area (Å²) in [6, 6.07) is 6.50. The molecule has 25 heavy (non-hydrogen) atoms. The number of ether oxygens (including phenoxy) is 1. The number of nitrogens with one attached hydrogen (secondary N) is 1. The lowest BCUT2D eigenvalue weighted by Crippen LogP contribution is -2.37. The van der Waals surface area contributed by atoms with E-state index in [1.807, 2.05) is 0 Å². The summed E-state index contributed by atoms with van der Waals surface area (Å²) in [7, 11) is -2.18. The van der Waals surface area contributed by atoms with E-state index in [1.54, 1.807) is 29.2 Å². The zero-order chi connectivity index (χ0) is 18.0. The van der Waals surface area contributed by atoms with Crippen LogP contribution in [-0.2, 0) is 19.6 Å². The van der Waals surface area contributed by atoms with Crippen molar-refractivity contribution in [1.29, 1.82) is 0 Å². The van der Waals surface area contributed by atoms with Gasteiger partial charge in [-0.1, -0.05) is 12.1 Å². The number of methoxy groups -OCH3 is 1. The highest BCUT2D eigenvalue weighted by molar-refractivity contribution is 7.90. The van der Waals surface area contributed by atoms with E-state index < -0.39 is 21.9 Å². The van der Waals surface area contributed by atoms with Crippen LogP contribution in [0, 0.1) is 0 Å². The Morgan fingerprint density at radius 1 is 1.24 bits per heavy atom. The first kappa shape index (κ1) is 16.9. The molecule has 1 N–H and O–H groups in total. The summed E-state index contributed by atoms with van der Waals surface area (Å²) >= 11 is 0. The number of hydrogen-bond acceptors (Lipinski definition) is 6. The highest BCUT2D eigenvalue weighted by Crippen LogP contribution is 2.20. The summed E-state index contributed by atoms with van der Waals surface area (Å²) in [6.45, 7) is 0.223. The predicted octanol–water partition coefficient (Wildman–Crippen LogP) is 0.909. The summed E-state index contributed by atoms with van der Waals surface area (Å²) in [5.74, 6) is -0.821. The lowest BCUT2D eigenvalue weighted by Gasteiger charge is -2.27. The van der Waals surface area contributed by atoms with Crippen molar-refractivity contribution < 1.29 is 22.7 Å². The number of fused-ring (bicyclic) bond motifs is 1. The Balaban J connectivity index is 1.81. The van der Waals surface area contributed by atoms with Crippen molar-refractivity contribution in [2.75, 3.05) is 24.7 Å². The summed E-state index contributed by atoms with van der Waals surface area (Å²) in [6.07, 6.45) is 4.48. The van der Waals surface area contributed by atoms with Crippen LogP contribution in [0.1, 0.15) is 10.4 Å². The molecule has 0 fully saturated rings. The number of carbonyl (C=O) groups is 2. The van der Waals surface area contributed by atoms with Crippen LogP contribution in [0.5, 0.6) is 0 Å². The molecule has 2 aliphatic rings. The molecule has 2 aliphatic heterocycles. The fourth-order valence-electron chi connectivity index (χ4n) is 2.41. The Morgan fingerprint density at radius 3 is 2.76 bits per heavy atom. The lowest BCUT2D eigenvalue weighted by atomic mass is 10.1. The number of anilines is 1. The van der Waals surface area contributed by atoms with Crippen LogP contribution in [0.25, 0.3) is 0 Å². The first-order valence-electron chi connectivity index (χ1n) is 7.37. The number of rotatable bonds is 3. The molecule has 9 heteroatoms. The van der Waals surface area contributed by atoms with E-state index in [4.69, 9.17) is 4.74 Å². The van der Waals surface area contributed by atoms with Gasteiger partial charge in [0.1, 0.15) is 5.84 Å². The minimum Gasteiger partial charge on any atom is -0.465 e. The van der Waals surface area contributed by atoms with Gasteiger partial charge in [-0.05, 0) is 24.3 Å². The molecule has 8 nitrogen and oxygen atoms in total. The van der Waals surface area contributed by atoms with E-state index in [2.05, 4.69) is 9.71 Å². The molecule has 0 bridgehead atoms. The predicted molar refractivity (Wildman–Crippen MR) is 91.6 cm³/mol. The number of benzene rings is 1. The van der Waals surface area contributed by atoms with Crippen molar-refractivity contribution in [2.45, 2.75) is 0 Å². The molecule has 2 heterocycles. The zero-order valence-electron chi connectivity index (χ0n) is 13.3. The molecule has 0 aliphatic carbocycles. The van der Waals surface area contributed by atoms with Crippen LogP contribution >= 0.6 is 0 Å². The topological polar surface area (TPSA) is 105 Å². The fourth-order valence-corrected chi connectivity index (χ4v) is 3.38. The Morgan fingerprint density at radius 2 is 2.00 bits per heavy atom. The summed E-state index contributed by atoms with van der Waals surface area (Å²) in [5, 5.41) is 2.66. The molecular formula is C16H15N3O5S. The molecule has 130 valence electrons. The van der Waals surface area contributed by atoms with Crippen molar-refractivity contribution in [1.82, 2.24) is 4.90 Å². The number of nitrogens with zero attached hydrogens (tertiary/aromatic N) is 2. The van der Waals surface area contributed by atoms with Gasteiger partial charge < -0.3 is 15.0 Å². The number of hydrogen-bond donors (Lipinski definition) is 1. The van der Waals surface area contributed by atoms with E-state index in [9.17, 15) is 18.0 Å². The smallest absolute Gasteiger partial charge is 0.339 e. The van der Waals surface area contributed by atoms with Crippen LogP contribution in [-0.4, -0.2) is 50.4 Å². The highest BCUT2D eigenvalue weighted by Gasteiger charge is 2.25. The molecule has 1 aromatic carbocycles. The fraction of sp³-hybridized carbons (Fsp3) is 0.188. The number of sulfonamides is 1. The summed E-state index contributed by atoms with van der Waals surface area (Å²) in [4.78, 5) is 25.8. The van der Waals surface area contributed by atoms with Gasteiger partial charge in [-0.15, -0.1) is 4.40 Å². The molecule has 0 atom stereocenters. The Labute approximate surface area is 144 Å². The molecule has 3 rings (SSSR count). The Hall–Kier alpha value is -2.94. The van der Waals surface area contributed by atoms with Crippen molar-refractivity contribution in [3.05, 3.63) is 53.8 Å². The third kappa shape index (κ3) is 3.61. The maximum Gasteiger partial charge on any atom is 0.339 e. The summed E-state index contributed by atoms with van der Waals surface area (Å²) in [5.41, 5.74) is 0.886. The van der Waals surface area contributed by atoms with Gasteiger partial charge in [0.25, 0.3) is 15.9 Å². The first-order chi connectivity index (χ1) is 11.9. The Kier molecular flexibility index (Phi) is 4.41. The van der Waals surface area contributed by atoms with Crippen LogP contribution in [0.4, 0.5) is 5.69 Å². The van der Waals surface area contributed by atoms with Gasteiger partial charge in [0, 0.05) is 12.7 Å². The van der Waals surface area contributed by atoms with Crippen molar-refractivity contribution in [3.8, 4) is 0 Å². The third-order valence-corrected chi connectivity index (χ3v) is 4.83. The highest BCUT2D eigenvalue weighted by atomic mass is 32.2. The molecular weight excluding hydrogens is 346 g/mol. The molecule has 0 saturated heterocycles. The maximum atomic E-state index is 12.5. The molecule has 1 aromatic rings. The number of para-hydroxylation sites is 1. The maximum absolute atomic E-state index is 12.5. The number of amidine groups is 1. The van der Waals surface area contributed by atoms with Gasteiger partial charge >= 0.3 is 5.97 Å². The van der Waals surface area contributed by atoms with E-state index in [-0.39, 0.29) is 23.7 Å². The second kappa shape index (κ2) is 6.52. The molecule has 0 saturated carbocycles. The minimum atomic E-state index is -3.44. The van der Waals surface area contributed by atoms with E-state index in [0.29, 0.717) is 11.3 Å². The molecule has 0 unspecified atom stereocenters. The van der Waals surface area contributed by atoms with Gasteiger partial charge in [-0.3, -0.25) is 4.79 Å². The molecule has 0 radical (unpaired) electrons. The van der Waals surface area contributed by atoms with E-state index in [0.717, 1.165) is 0 Å². The van der Waals surface area contributed by atoms with Gasteiger partial charge in [0.15, 0.2) is 0 Å². The first-order valence-corrected chi connectivity index (χ1v) is 8.98. The van der Waals surface area contributed by atoms with Crippen LogP contribution in [0.2, 0.25) is 0 Å². The monoisotopic (exact) mass is 361 g/mol. The van der Waals surface area contributed by atoms with E-state index in [1.165, 1.54) is 25.5 Å². The Bertz CT molecular complexity index is 931. The average Bonchev–Trinajstić information content (AvgIpc) is 2.60. The largest absolute Gasteiger partial charge is 0.465 e. The third-order valence-electron chi connectivity index (χ3n) is 3.67.